The Kier molecular flexibility index (Phi) is 9.56. The Labute approximate surface area is 214 Å². The van der Waals surface area contributed by atoms with E-state index in [0.717, 1.165) is 57.7 Å². The summed E-state index contributed by atoms with van der Waals surface area (Å²) in [6.07, 6.45) is 5.80. The Morgan fingerprint density at radius 1 is 1.06 bits per heavy atom. The summed E-state index contributed by atoms with van der Waals surface area (Å²) in [5, 5.41) is 2.82. The minimum Gasteiger partial charge on any atom is -0.466 e. The SMILES string of the molecule is CCOC(=O)CC(C)NC(=O)c1ccc(N2CCC(C3CCN(C(=O)OC(C)(C)C)CC3)CC2)nc1. The summed E-state index contributed by atoms with van der Waals surface area (Å²) in [6, 6.07) is 3.36. The molecular formula is C27H42N4O5. The molecule has 2 aliphatic heterocycles. The van der Waals surface area contributed by atoms with Crippen molar-refractivity contribution in [1.82, 2.24) is 15.2 Å². The van der Waals surface area contributed by atoms with Gasteiger partial charge in [-0.15, -0.1) is 0 Å². The highest BCUT2D eigenvalue weighted by Gasteiger charge is 2.32. The van der Waals surface area contributed by atoms with E-state index in [9.17, 15) is 14.4 Å². The molecule has 9 heteroatoms. The topological polar surface area (TPSA) is 101 Å². The third-order valence-corrected chi connectivity index (χ3v) is 6.89. The zero-order chi connectivity index (χ0) is 26.3. The highest BCUT2D eigenvalue weighted by molar-refractivity contribution is 5.94. The number of nitrogens with zero attached hydrogens (tertiary/aromatic N) is 3. The lowest BCUT2D eigenvalue weighted by Gasteiger charge is -2.40. The average Bonchev–Trinajstić information content (AvgIpc) is 2.83. The van der Waals surface area contributed by atoms with Crippen LogP contribution in [0.3, 0.4) is 0 Å². The van der Waals surface area contributed by atoms with E-state index in [4.69, 9.17) is 9.47 Å². The van der Waals surface area contributed by atoms with Crippen LogP contribution < -0.4 is 10.2 Å². The minimum atomic E-state index is -0.459. The third kappa shape index (κ3) is 8.10. The van der Waals surface area contributed by atoms with Gasteiger partial charge in [0.1, 0.15) is 11.4 Å². The maximum absolute atomic E-state index is 12.5. The molecule has 0 aliphatic carbocycles. The van der Waals surface area contributed by atoms with Crippen molar-refractivity contribution in [3.8, 4) is 0 Å². The van der Waals surface area contributed by atoms with Crippen LogP contribution in [0.4, 0.5) is 10.6 Å². The van der Waals surface area contributed by atoms with E-state index >= 15 is 0 Å². The molecule has 1 aromatic rings. The molecule has 3 heterocycles. The van der Waals surface area contributed by atoms with Crippen molar-refractivity contribution < 1.29 is 23.9 Å². The lowest BCUT2D eigenvalue weighted by molar-refractivity contribution is -0.143. The van der Waals surface area contributed by atoms with Gasteiger partial charge in [-0.2, -0.15) is 0 Å². The van der Waals surface area contributed by atoms with E-state index in [1.807, 2.05) is 31.7 Å². The van der Waals surface area contributed by atoms with Gasteiger partial charge in [-0.25, -0.2) is 9.78 Å². The fourth-order valence-corrected chi connectivity index (χ4v) is 5.02. The predicted octanol–water partition coefficient (Wildman–Crippen LogP) is 4.02. The number of nitrogens with one attached hydrogen (secondary N) is 1. The number of hydrogen-bond acceptors (Lipinski definition) is 7. The number of rotatable bonds is 7. The van der Waals surface area contributed by atoms with Gasteiger partial charge in [0.15, 0.2) is 0 Å². The summed E-state index contributed by atoms with van der Waals surface area (Å²) in [5.41, 5.74) is 0.0142. The fraction of sp³-hybridized carbons (Fsp3) is 0.704. The molecule has 0 radical (unpaired) electrons. The van der Waals surface area contributed by atoms with E-state index in [1.165, 1.54) is 0 Å². The molecule has 0 aromatic carbocycles. The predicted molar refractivity (Wildman–Crippen MR) is 138 cm³/mol. The van der Waals surface area contributed by atoms with E-state index in [-0.39, 0.29) is 30.4 Å². The van der Waals surface area contributed by atoms with E-state index in [0.29, 0.717) is 24.0 Å². The average molecular weight is 503 g/mol. The molecular weight excluding hydrogens is 460 g/mol. The number of hydrogen-bond donors (Lipinski definition) is 1. The van der Waals surface area contributed by atoms with Gasteiger partial charge < -0.3 is 24.6 Å². The maximum Gasteiger partial charge on any atom is 0.410 e. The molecule has 9 nitrogen and oxygen atoms in total. The molecule has 200 valence electrons. The van der Waals surface area contributed by atoms with Gasteiger partial charge >= 0.3 is 12.1 Å². The number of carbonyl (C=O) groups is 3. The Morgan fingerprint density at radius 3 is 2.19 bits per heavy atom. The molecule has 2 aliphatic rings. The first-order valence-electron chi connectivity index (χ1n) is 13.2. The van der Waals surface area contributed by atoms with Crippen LogP contribution in [0.2, 0.25) is 0 Å². The van der Waals surface area contributed by atoms with Gasteiger partial charge in [-0.3, -0.25) is 9.59 Å². The van der Waals surface area contributed by atoms with Crippen LogP contribution in [-0.2, 0) is 14.3 Å². The molecule has 1 atom stereocenters. The minimum absolute atomic E-state index is 0.139. The molecule has 1 unspecified atom stereocenters. The number of carbonyl (C=O) groups excluding carboxylic acids is 3. The van der Waals surface area contributed by atoms with Gasteiger partial charge in [0.05, 0.1) is 18.6 Å². The quantitative estimate of drug-likeness (QED) is 0.562. The first-order valence-corrected chi connectivity index (χ1v) is 13.2. The smallest absolute Gasteiger partial charge is 0.410 e. The van der Waals surface area contributed by atoms with Crippen molar-refractivity contribution in [1.29, 1.82) is 0 Å². The summed E-state index contributed by atoms with van der Waals surface area (Å²) >= 11 is 0. The summed E-state index contributed by atoms with van der Waals surface area (Å²) in [4.78, 5) is 45.1. The van der Waals surface area contributed by atoms with Crippen molar-refractivity contribution in [3.63, 3.8) is 0 Å². The van der Waals surface area contributed by atoms with Crippen LogP contribution in [0, 0.1) is 11.8 Å². The molecule has 36 heavy (non-hydrogen) atoms. The number of pyridine rings is 1. The zero-order valence-electron chi connectivity index (χ0n) is 22.4. The lowest BCUT2D eigenvalue weighted by atomic mass is 9.79. The summed E-state index contributed by atoms with van der Waals surface area (Å²) in [6.45, 7) is 13.0. The summed E-state index contributed by atoms with van der Waals surface area (Å²) < 4.78 is 10.4. The Morgan fingerprint density at radius 2 is 1.67 bits per heavy atom. The maximum atomic E-state index is 12.5. The standard InChI is InChI=1S/C27H42N4O5/c1-6-35-24(32)17-19(2)29-25(33)22-7-8-23(28-18-22)30-13-9-20(10-14-30)21-11-15-31(16-12-21)26(34)36-27(3,4)5/h7-8,18-21H,6,9-17H2,1-5H3,(H,29,33). The van der Waals surface area contributed by atoms with Crippen LogP contribution in [-0.4, -0.2) is 72.3 Å². The molecule has 0 saturated carbocycles. The molecule has 2 fully saturated rings. The monoisotopic (exact) mass is 502 g/mol. The normalized spacial score (nSPS) is 18.5. The second kappa shape index (κ2) is 12.4. The van der Waals surface area contributed by atoms with Crippen LogP contribution in [0.1, 0.15) is 77.1 Å². The lowest BCUT2D eigenvalue weighted by Crippen LogP contribution is -2.44. The highest BCUT2D eigenvalue weighted by Crippen LogP contribution is 2.34. The molecule has 2 amide bonds. The molecule has 0 spiro atoms. The van der Waals surface area contributed by atoms with Gasteiger partial charge in [0.25, 0.3) is 5.91 Å². The van der Waals surface area contributed by atoms with Gasteiger partial charge in [-0.1, -0.05) is 0 Å². The van der Waals surface area contributed by atoms with Gasteiger partial charge in [-0.05, 0) is 84.3 Å². The number of esters is 1. The largest absolute Gasteiger partial charge is 0.466 e. The number of piperidine rings is 2. The first-order chi connectivity index (χ1) is 17.1. The van der Waals surface area contributed by atoms with E-state index < -0.39 is 5.60 Å². The Balaban J connectivity index is 1.42. The Bertz CT molecular complexity index is 882. The number of amides is 2. The van der Waals surface area contributed by atoms with Gasteiger partial charge in [0.2, 0.25) is 0 Å². The van der Waals surface area contributed by atoms with Crippen molar-refractivity contribution >= 4 is 23.8 Å². The van der Waals surface area contributed by atoms with E-state index in [1.54, 1.807) is 26.1 Å². The van der Waals surface area contributed by atoms with Crippen LogP contribution in [0.5, 0.6) is 0 Å². The molecule has 1 N–H and O–H groups in total. The van der Waals surface area contributed by atoms with Crippen LogP contribution in [0.25, 0.3) is 0 Å². The Hall–Kier alpha value is -2.84. The van der Waals surface area contributed by atoms with E-state index in [2.05, 4.69) is 15.2 Å². The molecule has 2 saturated heterocycles. The molecule has 0 bridgehead atoms. The van der Waals surface area contributed by atoms with Crippen LogP contribution in [0.15, 0.2) is 18.3 Å². The van der Waals surface area contributed by atoms with Crippen molar-refractivity contribution in [2.45, 2.75) is 78.4 Å². The number of aromatic nitrogens is 1. The zero-order valence-corrected chi connectivity index (χ0v) is 22.4. The van der Waals surface area contributed by atoms with Crippen molar-refractivity contribution in [3.05, 3.63) is 23.9 Å². The van der Waals surface area contributed by atoms with Crippen molar-refractivity contribution in [2.75, 3.05) is 37.7 Å². The summed E-state index contributed by atoms with van der Waals surface area (Å²) in [7, 11) is 0. The number of ether oxygens (including phenoxy) is 2. The highest BCUT2D eigenvalue weighted by atomic mass is 16.6. The first kappa shape index (κ1) is 27.7. The van der Waals surface area contributed by atoms with Crippen LogP contribution >= 0.6 is 0 Å². The second-order valence-electron chi connectivity index (χ2n) is 10.9. The fourth-order valence-electron chi connectivity index (χ4n) is 5.02. The van der Waals surface area contributed by atoms with Crippen molar-refractivity contribution in [2.24, 2.45) is 11.8 Å². The third-order valence-electron chi connectivity index (χ3n) is 6.89. The second-order valence-corrected chi connectivity index (χ2v) is 10.9. The number of anilines is 1. The molecule has 3 rings (SSSR count). The number of likely N-dealkylation sites (tertiary alicyclic amines) is 1. The molecule has 1 aromatic heterocycles. The van der Waals surface area contributed by atoms with Gasteiger partial charge in [0, 0.05) is 38.4 Å². The summed E-state index contributed by atoms with van der Waals surface area (Å²) in [5.74, 6) is 1.61.